The lowest BCUT2D eigenvalue weighted by Crippen LogP contribution is -2.15. The van der Waals surface area contributed by atoms with Crippen LogP contribution in [0.2, 0.25) is 0 Å². The molecular weight excluding hydrogens is 500 g/mol. The van der Waals surface area contributed by atoms with Gasteiger partial charge >= 0.3 is 17.9 Å². The molecule has 8 nitrogen and oxygen atoms in total. The van der Waals surface area contributed by atoms with Gasteiger partial charge in [-0.15, -0.1) is 11.8 Å². The Balaban J connectivity index is 2.29. The average Bonchev–Trinajstić information content (AvgIpc) is 3.22. The molecule has 0 radical (unpaired) electrons. The first-order chi connectivity index (χ1) is 15.4. The molecule has 3 aromatic rings. The van der Waals surface area contributed by atoms with E-state index in [4.69, 9.17) is 14.2 Å². The first-order valence-corrected chi connectivity index (χ1v) is 11.0. The number of ether oxygens (including phenoxy) is 3. The molecule has 0 unspecified atom stereocenters. The van der Waals surface area contributed by atoms with Gasteiger partial charge in [-0.1, -0.05) is 40.2 Å². The van der Waals surface area contributed by atoms with Crippen LogP contribution >= 0.6 is 27.7 Å². The Hall–Kier alpha value is -3.11. The smallest absolute Gasteiger partial charge is 0.357 e. The lowest BCUT2D eigenvalue weighted by molar-refractivity contribution is -0.137. The summed E-state index contributed by atoms with van der Waals surface area (Å²) in [6, 6.07) is 14.2. The zero-order valence-corrected chi connectivity index (χ0v) is 19.9. The normalized spacial score (nSPS) is 10.5. The maximum absolute atomic E-state index is 12.8. The van der Waals surface area contributed by atoms with Crippen molar-refractivity contribution < 1.29 is 28.6 Å². The van der Waals surface area contributed by atoms with E-state index in [1.165, 1.54) is 37.8 Å². The molecule has 0 atom stereocenters. The topological polar surface area (TPSA) is 96.7 Å². The van der Waals surface area contributed by atoms with Crippen LogP contribution in [0.4, 0.5) is 0 Å². The van der Waals surface area contributed by atoms with Crippen LogP contribution in [0, 0.1) is 0 Å². The van der Waals surface area contributed by atoms with Gasteiger partial charge in [0.2, 0.25) is 0 Å². The highest BCUT2D eigenvalue weighted by atomic mass is 79.9. The molecule has 1 heterocycles. The van der Waals surface area contributed by atoms with Crippen molar-refractivity contribution in [2.75, 3.05) is 27.1 Å². The number of carbonyl (C=O) groups is 3. The van der Waals surface area contributed by atoms with E-state index in [9.17, 15) is 14.4 Å². The Kier molecular flexibility index (Phi) is 7.70. The number of aromatic nitrogens is 2. The third-order valence-electron chi connectivity index (χ3n) is 4.43. The second kappa shape index (κ2) is 10.5. The monoisotopic (exact) mass is 518 g/mol. The molecule has 2 aromatic carbocycles. The molecule has 0 fully saturated rings. The minimum absolute atomic E-state index is 0.0366. The molecule has 0 saturated carbocycles. The average molecular weight is 519 g/mol. The Bertz CT molecular complexity index is 1160. The number of nitrogens with zero attached hydrogens (tertiary/aromatic N) is 2. The number of thioether (sulfide) groups is 1. The van der Waals surface area contributed by atoms with E-state index in [0.717, 1.165) is 4.47 Å². The summed E-state index contributed by atoms with van der Waals surface area (Å²) in [6.45, 7) is 0. The van der Waals surface area contributed by atoms with Gasteiger partial charge in [-0.3, -0.25) is 4.79 Å². The summed E-state index contributed by atoms with van der Waals surface area (Å²) in [6.07, 6.45) is 0. The summed E-state index contributed by atoms with van der Waals surface area (Å²) in [4.78, 5) is 37.9. The minimum Gasteiger partial charge on any atom is -0.468 e. The van der Waals surface area contributed by atoms with Gasteiger partial charge < -0.3 is 14.2 Å². The Morgan fingerprint density at radius 2 is 1.66 bits per heavy atom. The van der Waals surface area contributed by atoms with Gasteiger partial charge in [0.15, 0.2) is 5.69 Å². The van der Waals surface area contributed by atoms with Crippen LogP contribution in [-0.2, 0) is 19.0 Å². The minimum atomic E-state index is -0.742. The Morgan fingerprint density at radius 1 is 0.969 bits per heavy atom. The summed E-state index contributed by atoms with van der Waals surface area (Å²) < 4.78 is 16.8. The zero-order valence-electron chi connectivity index (χ0n) is 17.5. The Morgan fingerprint density at radius 3 is 2.28 bits per heavy atom. The highest BCUT2D eigenvalue weighted by molar-refractivity contribution is 9.10. The fraction of sp³-hybridized carbons (Fsp3) is 0.182. The lowest BCUT2D eigenvalue weighted by Gasteiger charge is -2.09. The SMILES string of the molecule is COC(=O)CSc1cc(Br)ccc1-c1nn(-c2ccccc2)c(C(=O)OC)c1C(=O)OC. The van der Waals surface area contributed by atoms with Gasteiger partial charge in [-0.05, 0) is 24.3 Å². The van der Waals surface area contributed by atoms with Crippen molar-refractivity contribution in [2.24, 2.45) is 0 Å². The van der Waals surface area contributed by atoms with Crippen LogP contribution in [0.25, 0.3) is 16.9 Å². The largest absolute Gasteiger partial charge is 0.468 e. The Labute approximate surface area is 197 Å². The van der Waals surface area contributed by atoms with Crippen LogP contribution in [0.15, 0.2) is 57.9 Å². The molecule has 0 aliphatic heterocycles. The lowest BCUT2D eigenvalue weighted by atomic mass is 10.1. The van der Waals surface area contributed by atoms with Crippen molar-refractivity contribution in [1.29, 1.82) is 0 Å². The van der Waals surface area contributed by atoms with Crippen LogP contribution in [0.1, 0.15) is 20.8 Å². The van der Waals surface area contributed by atoms with Gasteiger partial charge in [0, 0.05) is 14.9 Å². The number of carbonyl (C=O) groups excluding carboxylic acids is 3. The number of halogens is 1. The summed E-state index contributed by atoms with van der Waals surface area (Å²) in [5.41, 5.74) is 1.23. The van der Waals surface area contributed by atoms with Crippen LogP contribution in [0.3, 0.4) is 0 Å². The molecule has 1 aromatic heterocycles. The molecule has 32 heavy (non-hydrogen) atoms. The highest BCUT2D eigenvalue weighted by Crippen LogP contribution is 2.37. The van der Waals surface area contributed by atoms with Gasteiger partial charge in [0.05, 0.1) is 32.8 Å². The molecule has 0 bridgehead atoms. The van der Waals surface area contributed by atoms with Crippen molar-refractivity contribution in [3.05, 3.63) is 64.3 Å². The molecule has 3 rings (SSSR count). The van der Waals surface area contributed by atoms with Crippen molar-refractivity contribution in [3.8, 4) is 16.9 Å². The van der Waals surface area contributed by atoms with Crippen molar-refractivity contribution in [2.45, 2.75) is 4.90 Å². The standard InChI is InChI=1S/C22H19BrN2O6S/c1-29-17(26)12-32-16-11-13(23)9-10-15(16)19-18(21(27)30-2)20(22(28)31-3)25(24-19)14-7-5-4-6-8-14/h4-11H,12H2,1-3H3. The van der Waals surface area contributed by atoms with Crippen LogP contribution in [-0.4, -0.2) is 54.8 Å². The van der Waals surface area contributed by atoms with E-state index in [1.54, 1.807) is 42.5 Å². The molecule has 166 valence electrons. The van der Waals surface area contributed by atoms with E-state index in [1.807, 2.05) is 6.07 Å². The molecule has 0 spiro atoms. The third kappa shape index (κ3) is 4.86. The molecule has 0 aliphatic rings. The molecule has 0 saturated heterocycles. The molecule has 0 aliphatic carbocycles. The fourth-order valence-corrected chi connectivity index (χ4v) is 4.38. The van der Waals surface area contributed by atoms with E-state index in [0.29, 0.717) is 16.1 Å². The number of methoxy groups -OCH3 is 3. The van der Waals surface area contributed by atoms with Crippen molar-refractivity contribution in [1.82, 2.24) is 9.78 Å². The second-order valence-corrected chi connectivity index (χ2v) is 8.24. The van der Waals surface area contributed by atoms with E-state index >= 15 is 0 Å². The third-order valence-corrected chi connectivity index (χ3v) is 5.95. The summed E-state index contributed by atoms with van der Waals surface area (Å²) >= 11 is 4.64. The molecule has 0 amide bonds. The van der Waals surface area contributed by atoms with Gasteiger partial charge in [0.1, 0.15) is 11.3 Å². The van der Waals surface area contributed by atoms with Gasteiger partial charge in [-0.25, -0.2) is 14.3 Å². The molecule has 10 heteroatoms. The van der Waals surface area contributed by atoms with Crippen LogP contribution in [0.5, 0.6) is 0 Å². The quantitative estimate of drug-likeness (QED) is 0.261. The second-order valence-electron chi connectivity index (χ2n) is 6.31. The van der Waals surface area contributed by atoms with E-state index in [2.05, 4.69) is 21.0 Å². The zero-order chi connectivity index (χ0) is 23.3. The summed E-state index contributed by atoms with van der Waals surface area (Å²) in [7, 11) is 3.76. The maximum atomic E-state index is 12.8. The van der Waals surface area contributed by atoms with E-state index in [-0.39, 0.29) is 22.7 Å². The van der Waals surface area contributed by atoms with Gasteiger partial charge in [0.25, 0.3) is 0 Å². The number of esters is 3. The van der Waals surface area contributed by atoms with Crippen molar-refractivity contribution in [3.63, 3.8) is 0 Å². The molecular formula is C22H19BrN2O6S. The highest BCUT2D eigenvalue weighted by Gasteiger charge is 2.32. The van der Waals surface area contributed by atoms with E-state index < -0.39 is 17.9 Å². The number of rotatable bonds is 7. The van der Waals surface area contributed by atoms with Crippen LogP contribution < -0.4 is 0 Å². The van der Waals surface area contributed by atoms with Gasteiger partial charge in [-0.2, -0.15) is 5.10 Å². The predicted molar refractivity (Wildman–Crippen MR) is 122 cm³/mol. The number of hydrogen-bond acceptors (Lipinski definition) is 8. The number of para-hydroxylation sites is 1. The fourth-order valence-electron chi connectivity index (χ4n) is 2.95. The summed E-state index contributed by atoms with van der Waals surface area (Å²) in [5.74, 6) is -1.83. The molecule has 0 N–H and O–H groups in total. The predicted octanol–water partition coefficient (Wildman–Crippen LogP) is 4.14. The maximum Gasteiger partial charge on any atom is 0.357 e. The first-order valence-electron chi connectivity index (χ1n) is 9.25. The summed E-state index contributed by atoms with van der Waals surface area (Å²) in [5, 5.41) is 4.60. The number of benzene rings is 2. The first kappa shape index (κ1) is 23.6. The van der Waals surface area contributed by atoms with Crippen molar-refractivity contribution >= 4 is 45.6 Å². The number of hydrogen-bond donors (Lipinski definition) is 0.